The summed E-state index contributed by atoms with van der Waals surface area (Å²) in [5.74, 6) is -0.434. The summed E-state index contributed by atoms with van der Waals surface area (Å²) in [4.78, 5) is 0. The van der Waals surface area contributed by atoms with E-state index in [1.165, 1.54) is 25.3 Å². The molecule has 0 fully saturated rings. The number of hydrogen-bond acceptors (Lipinski definition) is 1. The van der Waals surface area contributed by atoms with Gasteiger partial charge in [0.1, 0.15) is 17.4 Å². The van der Waals surface area contributed by atoms with Crippen molar-refractivity contribution in [2.24, 2.45) is 0 Å². The van der Waals surface area contributed by atoms with Gasteiger partial charge in [0.2, 0.25) is 0 Å². The molecule has 100 valence electrons. The lowest BCUT2D eigenvalue weighted by atomic mass is 10.0. The predicted octanol–water partition coefficient (Wildman–Crippen LogP) is 4.61. The van der Waals surface area contributed by atoms with Crippen LogP contribution in [0.3, 0.4) is 0 Å². The first-order valence-electron chi connectivity index (χ1n) is 5.76. The Morgan fingerprint density at radius 1 is 1.11 bits per heavy atom. The Labute approximate surface area is 115 Å². The molecule has 1 unspecified atom stereocenters. The lowest BCUT2D eigenvalue weighted by Gasteiger charge is -2.13. The van der Waals surface area contributed by atoms with Crippen molar-refractivity contribution in [1.29, 1.82) is 0 Å². The molecule has 0 bridgehead atoms. The molecule has 0 N–H and O–H groups in total. The third-order valence-corrected chi connectivity index (χ3v) is 3.32. The predicted molar refractivity (Wildman–Crippen MR) is 71.8 cm³/mol. The molecular weight excluding hydrogens is 270 g/mol. The van der Waals surface area contributed by atoms with Crippen molar-refractivity contribution in [1.82, 2.24) is 0 Å². The van der Waals surface area contributed by atoms with Crippen molar-refractivity contribution in [2.75, 3.05) is 7.11 Å². The number of halogens is 3. The van der Waals surface area contributed by atoms with Gasteiger partial charge >= 0.3 is 0 Å². The highest BCUT2D eigenvalue weighted by atomic mass is 35.5. The second kappa shape index (κ2) is 5.57. The van der Waals surface area contributed by atoms with Crippen LogP contribution in [0.1, 0.15) is 22.1 Å². The molecule has 2 aromatic rings. The van der Waals surface area contributed by atoms with Crippen LogP contribution in [0.15, 0.2) is 36.4 Å². The van der Waals surface area contributed by atoms with Crippen LogP contribution in [0.5, 0.6) is 5.75 Å². The number of ether oxygens (including phenoxy) is 1. The van der Waals surface area contributed by atoms with Gasteiger partial charge < -0.3 is 4.74 Å². The van der Waals surface area contributed by atoms with Crippen LogP contribution in [0.4, 0.5) is 8.78 Å². The molecule has 0 aromatic heterocycles. The summed E-state index contributed by atoms with van der Waals surface area (Å²) in [6, 6.07) is 8.89. The summed E-state index contributed by atoms with van der Waals surface area (Å²) in [6.45, 7) is 1.76. The number of alkyl halides is 1. The average Bonchev–Trinajstić information content (AvgIpc) is 2.36. The van der Waals surface area contributed by atoms with Gasteiger partial charge in [0.05, 0.1) is 12.5 Å². The van der Waals surface area contributed by atoms with Gasteiger partial charge in [-0.2, -0.15) is 0 Å². The van der Waals surface area contributed by atoms with Crippen molar-refractivity contribution < 1.29 is 13.5 Å². The van der Waals surface area contributed by atoms with Crippen molar-refractivity contribution in [3.05, 3.63) is 64.7 Å². The number of methoxy groups -OCH3 is 1. The second-order valence-electron chi connectivity index (χ2n) is 4.31. The molecule has 0 aliphatic carbocycles. The first-order valence-corrected chi connectivity index (χ1v) is 6.19. The van der Waals surface area contributed by atoms with Crippen LogP contribution in [0.25, 0.3) is 0 Å². The Morgan fingerprint density at radius 2 is 1.84 bits per heavy atom. The van der Waals surface area contributed by atoms with Crippen LogP contribution in [0.2, 0.25) is 0 Å². The minimum atomic E-state index is -0.736. The van der Waals surface area contributed by atoms with Crippen LogP contribution in [-0.2, 0) is 0 Å². The van der Waals surface area contributed by atoms with E-state index in [9.17, 15) is 8.78 Å². The summed E-state index contributed by atoms with van der Waals surface area (Å²) in [5, 5.41) is -0.736. The topological polar surface area (TPSA) is 9.23 Å². The molecule has 0 saturated carbocycles. The molecule has 2 rings (SSSR count). The van der Waals surface area contributed by atoms with Crippen LogP contribution in [-0.4, -0.2) is 7.11 Å². The maximum absolute atomic E-state index is 13.9. The Kier molecular flexibility index (Phi) is 4.05. The van der Waals surface area contributed by atoms with Crippen molar-refractivity contribution >= 4 is 11.6 Å². The molecule has 1 nitrogen and oxygen atoms in total. The third kappa shape index (κ3) is 3.04. The van der Waals surface area contributed by atoms with E-state index in [0.29, 0.717) is 16.9 Å². The Bertz CT molecular complexity index is 578. The standard InChI is InChI=1S/C15H13ClF2O/c1-9-5-10(7-11(17)6-9)15(16)13-4-3-12(19-2)8-14(13)18/h3-8,15H,1-2H3. The zero-order chi connectivity index (χ0) is 14.0. The van der Waals surface area contributed by atoms with Gasteiger partial charge in [0.25, 0.3) is 0 Å². The normalized spacial score (nSPS) is 12.3. The van der Waals surface area contributed by atoms with E-state index < -0.39 is 11.2 Å². The summed E-state index contributed by atoms with van der Waals surface area (Å²) in [7, 11) is 1.46. The zero-order valence-corrected chi connectivity index (χ0v) is 11.3. The summed E-state index contributed by atoms with van der Waals surface area (Å²) >= 11 is 6.23. The Morgan fingerprint density at radius 3 is 2.42 bits per heavy atom. The number of rotatable bonds is 3. The summed E-state index contributed by atoms with van der Waals surface area (Å²) < 4.78 is 32.2. The highest BCUT2D eigenvalue weighted by Crippen LogP contribution is 2.32. The first kappa shape index (κ1) is 13.8. The van der Waals surface area contributed by atoms with E-state index in [1.807, 2.05) is 0 Å². The smallest absolute Gasteiger partial charge is 0.131 e. The van der Waals surface area contributed by atoms with Gasteiger partial charge in [-0.15, -0.1) is 11.6 Å². The zero-order valence-electron chi connectivity index (χ0n) is 10.6. The number of aryl methyl sites for hydroxylation is 1. The van der Waals surface area contributed by atoms with Crippen LogP contribution >= 0.6 is 11.6 Å². The SMILES string of the molecule is COc1ccc(C(Cl)c2cc(C)cc(F)c2)c(F)c1. The van der Waals surface area contributed by atoms with E-state index in [4.69, 9.17) is 16.3 Å². The molecule has 0 spiro atoms. The molecule has 19 heavy (non-hydrogen) atoms. The van der Waals surface area contributed by atoms with E-state index in [-0.39, 0.29) is 5.82 Å². The maximum Gasteiger partial charge on any atom is 0.131 e. The van der Waals surface area contributed by atoms with Gasteiger partial charge in [-0.25, -0.2) is 8.78 Å². The van der Waals surface area contributed by atoms with Crippen molar-refractivity contribution in [2.45, 2.75) is 12.3 Å². The van der Waals surface area contributed by atoms with E-state index in [0.717, 1.165) is 5.56 Å². The van der Waals surface area contributed by atoms with Crippen molar-refractivity contribution in [3.8, 4) is 5.75 Å². The minimum Gasteiger partial charge on any atom is -0.497 e. The van der Waals surface area contributed by atoms with Gasteiger partial charge in [0, 0.05) is 11.6 Å². The monoisotopic (exact) mass is 282 g/mol. The van der Waals surface area contributed by atoms with Crippen LogP contribution in [0, 0.1) is 18.6 Å². The molecule has 1 atom stereocenters. The van der Waals surface area contributed by atoms with Gasteiger partial charge in [0.15, 0.2) is 0 Å². The molecule has 0 radical (unpaired) electrons. The third-order valence-electron chi connectivity index (χ3n) is 2.84. The first-order chi connectivity index (χ1) is 9.01. The molecule has 4 heteroatoms. The van der Waals surface area contributed by atoms with Gasteiger partial charge in [-0.05, 0) is 36.2 Å². The van der Waals surface area contributed by atoms with E-state index >= 15 is 0 Å². The largest absolute Gasteiger partial charge is 0.497 e. The lowest BCUT2D eigenvalue weighted by Crippen LogP contribution is -1.99. The Hall–Kier alpha value is -1.61. The highest BCUT2D eigenvalue weighted by Gasteiger charge is 2.17. The highest BCUT2D eigenvalue weighted by molar-refractivity contribution is 6.22. The molecule has 0 amide bonds. The van der Waals surface area contributed by atoms with E-state index in [2.05, 4.69) is 0 Å². The summed E-state index contributed by atoms with van der Waals surface area (Å²) in [5.41, 5.74) is 1.57. The van der Waals surface area contributed by atoms with Gasteiger partial charge in [-0.1, -0.05) is 12.1 Å². The number of benzene rings is 2. The van der Waals surface area contributed by atoms with E-state index in [1.54, 1.807) is 25.1 Å². The fraction of sp³-hybridized carbons (Fsp3) is 0.200. The van der Waals surface area contributed by atoms with Crippen LogP contribution < -0.4 is 4.74 Å². The Balaban J connectivity index is 2.40. The summed E-state index contributed by atoms with van der Waals surface area (Å²) in [6.07, 6.45) is 0. The minimum absolute atomic E-state index is 0.299. The van der Waals surface area contributed by atoms with Crippen molar-refractivity contribution in [3.63, 3.8) is 0 Å². The fourth-order valence-electron chi connectivity index (χ4n) is 1.93. The second-order valence-corrected chi connectivity index (χ2v) is 4.75. The molecule has 0 aliphatic rings. The average molecular weight is 283 g/mol. The quantitative estimate of drug-likeness (QED) is 0.747. The lowest BCUT2D eigenvalue weighted by molar-refractivity contribution is 0.410. The number of hydrogen-bond donors (Lipinski definition) is 0. The molecule has 0 saturated heterocycles. The van der Waals surface area contributed by atoms with Gasteiger partial charge in [-0.3, -0.25) is 0 Å². The fourth-order valence-corrected chi connectivity index (χ4v) is 2.23. The molecular formula is C15H13ClF2O. The maximum atomic E-state index is 13.9. The molecule has 2 aromatic carbocycles. The molecule has 0 heterocycles. The molecule has 0 aliphatic heterocycles.